The van der Waals surface area contributed by atoms with Crippen LogP contribution in [0.25, 0.3) is 0 Å². The Labute approximate surface area is 118 Å². The summed E-state index contributed by atoms with van der Waals surface area (Å²) in [6, 6.07) is 3.61. The lowest BCUT2D eigenvalue weighted by atomic mass is 10.1. The number of morpholine rings is 1. The molecule has 1 aromatic carbocycles. The van der Waals surface area contributed by atoms with Crippen LogP contribution in [0.4, 0.5) is 0 Å². The number of aromatic hydroxyl groups is 1. The minimum absolute atomic E-state index is 0.00312. The quantitative estimate of drug-likeness (QED) is 0.927. The number of phenols is 1. The fraction of sp³-hybridized carbons (Fsp3) is 0.571. The largest absolute Gasteiger partial charge is 0.503 e. The van der Waals surface area contributed by atoms with Crippen LogP contribution in [0.5, 0.6) is 11.5 Å². The molecule has 0 aromatic heterocycles. The lowest BCUT2D eigenvalue weighted by molar-refractivity contribution is -0.0705. The molecule has 2 rings (SSSR count). The Kier molecular flexibility index (Phi) is 4.55. The van der Waals surface area contributed by atoms with Gasteiger partial charge >= 0.3 is 0 Å². The van der Waals surface area contributed by atoms with E-state index in [1.165, 1.54) is 7.11 Å². The van der Waals surface area contributed by atoms with Crippen molar-refractivity contribution in [1.82, 2.24) is 4.90 Å². The second-order valence-electron chi connectivity index (χ2n) is 5.08. The van der Waals surface area contributed by atoms with Gasteiger partial charge in [-0.2, -0.15) is 0 Å². The summed E-state index contributed by atoms with van der Waals surface area (Å²) in [4.78, 5) is 2.32. The van der Waals surface area contributed by atoms with Gasteiger partial charge in [0.2, 0.25) is 0 Å². The Morgan fingerprint density at radius 3 is 2.58 bits per heavy atom. The van der Waals surface area contributed by atoms with Gasteiger partial charge in [0.15, 0.2) is 11.5 Å². The van der Waals surface area contributed by atoms with Crippen LogP contribution >= 0.6 is 11.6 Å². The molecular formula is C14H20ClNO3. The Morgan fingerprint density at radius 1 is 1.37 bits per heavy atom. The highest BCUT2D eigenvalue weighted by Crippen LogP contribution is 2.35. The summed E-state index contributed by atoms with van der Waals surface area (Å²) < 4.78 is 10.8. The van der Waals surface area contributed by atoms with Crippen molar-refractivity contribution in [3.05, 3.63) is 22.7 Å². The van der Waals surface area contributed by atoms with Crippen molar-refractivity contribution in [2.75, 3.05) is 20.2 Å². The monoisotopic (exact) mass is 285 g/mol. The molecule has 4 nitrogen and oxygen atoms in total. The maximum Gasteiger partial charge on any atom is 0.176 e. The molecule has 0 aliphatic carbocycles. The van der Waals surface area contributed by atoms with Gasteiger partial charge in [-0.05, 0) is 31.5 Å². The fourth-order valence-corrected chi connectivity index (χ4v) is 2.78. The van der Waals surface area contributed by atoms with Gasteiger partial charge in [-0.25, -0.2) is 0 Å². The second kappa shape index (κ2) is 5.99. The van der Waals surface area contributed by atoms with Crippen molar-refractivity contribution < 1.29 is 14.6 Å². The van der Waals surface area contributed by atoms with Crippen LogP contribution < -0.4 is 4.74 Å². The van der Waals surface area contributed by atoms with E-state index < -0.39 is 0 Å². The zero-order valence-electron chi connectivity index (χ0n) is 11.5. The van der Waals surface area contributed by atoms with Gasteiger partial charge in [-0.3, -0.25) is 4.90 Å². The van der Waals surface area contributed by atoms with Crippen molar-refractivity contribution in [1.29, 1.82) is 0 Å². The number of nitrogens with zero attached hydrogens (tertiary/aromatic N) is 1. The van der Waals surface area contributed by atoms with Crippen molar-refractivity contribution in [2.24, 2.45) is 0 Å². The van der Waals surface area contributed by atoms with Gasteiger partial charge in [0.25, 0.3) is 0 Å². The van der Waals surface area contributed by atoms with Gasteiger partial charge in [0.1, 0.15) is 0 Å². The maximum absolute atomic E-state index is 9.72. The third-order valence-electron chi connectivity index (χ3n) is 3.21. The first-order valence-corrected chi connectivity index (χ1v) is 6.80. The minimum Gasteiger partial charge on any atom is -0.503 e. The number of benzene rings is 1. The number of halogens is 1. The van der Waals surface area contributed by atoms with Crippen LogP contribution in [0.1, 0.15) is 19.4 Å². The molecule has 1 N–H and O–H groups in total. The number of phenolic OH excluding ortho intramolecular Hbond substituents is 1. The number of hydrogen-bond donors (Lipinski definition) is 1. The van der Waals surface area contributed by atoms with Crippen molar-refractivity contribution >= 4 is 11.6 Å². The van der Waals surface area contributed by atoms with E-state index in [4.69, 9.17) is 21.1 Å². The van der Waals surface area contributed by atoms with E-state index in [-0.39, 0.29) is 18.0 Å². The molecule has 1 aliphatic rings. The molecule has 5 heteroatoms. The van der Waals surface area contributed by atoms with Gasteiger partial charge in [-0.1, -0.05) is 11.6 Å². The Balaban J connectivity index is 2.12. The summed E-state index contributed by atoms with van der Waals surface area (Å²) in [6.45, 7) is 6.71. The van der Waals surface area contributed by atoms with E-state index in [2.05, 4.69) is 18.7 Å². The Hall–Kier alpha value is -0.970. The predicted molar refractivity (Wildman–Crippen MR) is 75.0 cm³/mol. The summed E-state index contributed by atoms with van der Waals surface area (Å²) in [5.41, 5.74) is 1.03. The standard InChI is InChI=1S/C14H20ClNO3/c1-9-6-16(7-10(2)19-9)8-11-4-12(15)14(17)13(5-11)18-3/h4-5,9-10,17H,6-8H2,1-3H3. The lowest BCUT2D eigenvalue weighted by Gasteiger charge is -2.35. The van der Waals surface area contributed by atoms with Crippen molar-refractivity contribution in [3.8, 4) is 11.5 Å². The zero-order chi connectivity index (χ0) is 14.0. The molecule has 1 heterocycles. The molecular weight excluding hydrogens is 266 g/mol. The molecule has 0 bridgehead atoms. The third kappa shape index (κ3) is 3.53. The lowest BCUT2D eigenvalue weighted by Crippen LogP contribution is -2.44. The van der Waals surface area contributed by atoms with E-state index in [0.29, 0.717) is 10.8 Å². The SMILES string of the molecule is COc1cc(CN2CC(C)OC(C)C2)cc(Cl)c1O. The van der Waals surface area contributed by atoms with E-state index in [9.17, 15) is 5.11 Å². The average molecular weight is 286 g/mol. The van der Waals surface area contributed by atoms with Crippen LogP contribution in [0.2, 0.25) is 5.02 Å². The maximum atomic E-state index is 9.72. The van der Waals surface area contributed by atoms with Gasteiger partial charge in [0, 0.05) is 19.6 Å². The molecule has 2 unspecified atom stereocenters. The molecule has 0 amide bonds. The Bertz CT molecular complexity index is 443. The Morgan fingerprint density at radius 2 is 2.00 bits per heavy atom. The zero-order valence-corrected chi connectivity index (χ0v) is 12.3. The first-order chi connectivity index (χ1) is 8.99. The molecule has 0 spiro atoms. The molecule has 1 fully saturated rings. The molecule has 0 radical (unpaired) electrons. The highest BCUT2D eigenvalue weighted by atomic mass is 35.5. The highest BCUT2D eigenvalue weighted by molar-refractivity contribution is 6.32. The van der Waals surface area contributed by atoms with Crippen LogP contribution in [-0.2, 0) is 11.3 Å². The molecule has 1 saturated heterocycles. The number of hydrogen-bond acceptors (Lipinski definition) is 4. The molecule has 1 aliphatic heterocycles. The van der Waals surface area contributed by atoms with Gasteiger partial charge < -0.3 is 14.6 Å². The summed E-state index contributed by atoms with van der Waals surface area (Å²) in [5, 5.41) is 10.0. The first kappa shape index (κ1) is 14.4. The topological polar surface area (TPSA) is 41.9 Å². The van der Waals surface area contributed by atoms with Crippen LogP contribution in [0, 0.1) is 0 Å². The summed E-state index contributed by atoms with van der Waals surface area (Å²) in [6.07, 6.45) is 0.469. The third-order valence-corrected chi connectivity index (χ3v) is 3.50. The predicted octanol–water partition coefficient (Wildman–Crippen LogP) is 2.66. The summed E-state index contributed by atoms with van der Waals surface area (Å²) >= 11 is 6.00. The number of rotatable bonds is 3. The van der Waals surface area contributed by atoms with Crippen LogP contribution in [0.15, 0.2) is 12.1 Å². The van der Waals surface area contributed by atoms with Crippen LogP contribution in [-0.4, -0.2) is 42.4 Å². The second-order valence-corrected chi connectivity index (χ2v) is 5.49. The molecule has 19 heavy (non-hydrogen) atoms. The molecule has 2 atom stereocenters. The number of ether oxygens (including phenoxy) is 2. The van der Waals surface area contributed by atoms with Crippen molar-refractivity contribution in [2.45, 2.75) is 32.6 Å². The summed E-state index contributed by atoms with van der Waals surface area (Å²) in [7, 11) is 1.52. The minimum atomic E-state index is -0.00312. The highest BCUT2D eigenvalue weighted by Gasteiger charge is 2.22. The van der Waals surface area contributed by atoms with Gasteiger partial charge in [0.05, 0.1) is 24.3 Å². The smallest absolute Gasteiger partial charge is 0.176 e. The van der Waals surface area contributed by atoms with Gasteiger partial charge in [-0.15, -0.1) is 0 Å². The molecule has 0 saturated carbocycles. The molecule has 106 valence electrons. The van der Waals surface area contributed by atoms with E-state index in [1.54, 1.807) is 6.07 Å². The number of methoxy groups -OCH3 is 1. The van der Waals surface area contributed by atoms with Crippen LogP contribution in [0.3, 0.4) is 0 Å². The fourth-order valence-electron chi connectivity index (χ4n) is 2.55. The molecule has 1 aromatic rings. The normalized spacial score (nSPS) is 24.4. The first-order valence-electron chi connectivity index (χ1n) is 6.42. The summed E-state index contributed by atoms with van der Waals surface area (Å²) in [5.74, 6) is 0.411. The van der Waals surface area contributed by atoms with E-state index in [1.807, 2.05) is 6.07 Å². The van der Waals surface area contributed by atoms with E-state index in [0.717, 1.165) is 25.2 Å². The van der Waals surface area contributed by atoms with E-state index >= 15 is 0 Å². The average Bonchev–Trinajstić information content (AvgIpc) is 2.32. The van der Waals surface area contributed by atoms with Crippen molar-refractivity contribution in [3.63, 3.8) is 0 Å².